The van der Waals surface area contributed by atoms with E-state index in [1.165, 1.54) is 0 Å². The Kier molecular flexibility index (Phi) is 4.34. The SMILES string of the molecule is CCOC(=O)/C(Cc1ccccc1)=N\N. The molecule has 0 aliphatic heterocycles. The van der Waals surface area contributed by atoms with Gasteiger partial charge in [-0.25, -0.2) is 4.79 Å². The first kappa shape index (κ1) is 11.2. The predicted octanol–water partition coefficient (Wildman–Crippen LogP) is 1.11. The Morgan fingerprint density at radius 2 is 2.07 bits per heavy atom. The summed E-state index contributed by atoms with van der Waals surface area (Å²) >= 11 is 0. The largest absolute Gasteiger partial charge is 0.461 e. The molecule has 0 fully saturated rings. The summed E-state index contributed by atoms with van der Waals surface area (Å²) in [4.78, 5) is 11.3. The van der Waals surface area contributed by atoms with Crippen LogP contribution in [0.3, 0.4) is 0 Å². The molecule has 0 aliphatic carbocycles. The molecule has 4 heteroatoms. The quantitative estimate of drug-likeness (QED) is 0.347. The number of benzene rings is 1. The van der Waals surface area contributed by atoms with Crippen molar-refractivity contribution in [2.45, 2.75) is 13.3 Å². The Morgan fingerprint density at radius 1 is 1.40 bits per heavy atom. The molecule has 0 heterocycles. The van der Waals surface area contributed by atoms with Crippen molar-refractivity contribution in [3.8, 4) is 0 Å². The fourth-order valence-electron chi connectivity index (χ4n) is 1.17. The van der Waals surface area contributed by atoms with Gasteiger partial charge in [-0.05, 0) is 12.5 Å². The van der Waals surface area contributed by atoms with E-state index in [1.54, 1.807) is 6.92 Å². The Hall–Kier alpha value is -1.84. The van der Waals surface area contributed by atoms with Gasteiger partial charge in [0.15, 0.2) is 0 Å². The minimum absolute atomic E-state index is 0.239. The number of nitrogens with two attached hydrogens (primary N) is 1. The molecule has 0 amide bonds. The summed E-state index contributed by atoms with van der Waals surface area (Å²) in [6.07, 6.45) is 0.399. The Labute approximate surface area is 88.7 Å². The molecule has 0 radical (unpaired) electrons. The van der Waals surface area contributed by atoms with Gasteiger partial charge in [0, 0.05) is 6.42 Å². The van der Waals surface area contributed by atoms with E-state index in [4.69, 9.17) is 10.6 Å². The zero-order valence-corrected chi connectivity index (χ0v) is 8.64. The van der Waals surface area contributed by atoms with Crippen LogP contribution in [0.25, 0.3) is 0 Å². The molecule has 80 valence electrons. The van der Waals surface area contributed by atoms with E-state index in [0.29, 0.717) is 13.0 Å². The van der Waals surface area contributed by atoms with Crippen LogP contribution in [-0.2, 0) is 16.0 Å². The number of carbonyl (C=O) groups is 1. The molecule has 0 saturated heterocycles. The van der Waals surface area contributed by atoms with Crippen molar-refractivity contribution in [3.05, 3.63) is 35.9 Å². The third-order valence-electron chi connectivity index (χ3n) is 1.88. The third kappa shape index (κ3) is 3.42. The fraction of sp³-hybridized carbons (Fsp3) is 0.273. The molecule has 0 unspecified atom stereocenters. The molecule has 2 N–H and O–H groups in total. The summed E-state index contributed by atoms with van der Waals surface area (Å²) < 4.78 is 4.82. The van der Waals surface area contributed by atoms with Crippen molar-refractivity contribution in [1.82, 2.24) is 0 Å². The fourth-order valence-corrected chi connectivity index (χ4v) is 1.17. The van der Waals surface area contributed by atoms with Crippen LogP contribution in [0.5, 0.6) is 0 Å². The summed E-state index contributed by atoms with van der Waals surface area (Å²) in [6, 6.07) is 9.52. The minimum Gasteiger partial charge on any atom is -0.461 e. The van der Waals surface area contributed by atoms with Gasteiger partial charge in [0.25, 0.3) is 0 Å². The maximum absolute atomic E-state index is 11.3. The summed E-state index contributed by atoms with van der Waals surface area (Å²) in [7, 11) is 0. The van der Waals surface area contributed by atoms with Gasteiger partial charge in [0.05, 0.1) is 6.61 Å². The maximum Gasteiger partial charge on any atom is 0.354 e. The van der Waals surface area contributed by atoms with Gasteiger partial charge in [-0.15, -0.1) is 0 Å². The molecular weight excluding hydrogens is 192 g/mol. The topological polar surface area (TPSA) is 64.7 Å². The highest BCUT2D eigenvalue weighted by atomic mass is 16.5. The van der Waals surface area contributed by atoms with Gasteiger partial charge in [-0.3, -0.25) is 0 Å². The molecule has 1 aromatic carbocycles. The summed E-state index contributed by atoms with van der Waals surface area (Å²) in [5.41, 5.74) is 1.22. The third-order valence-corrected chi connectivity index (χ3v) is 1.88. The standard InChI is InChI=1S/C11H14N2O2/c1-2-15-11(14)10(13-12)8-9-6-4-3-5-7-9/h3-7H,2,8,12H2,1H3/b13-10-. The molecule has 1 aromatic rings. The van der Waals surface area contributed by atoms with Crippen LogP contribution in [0.2, 0.25) is 0 Å². The summed E-state index contributed by atoms with van der Waals surface area (Å²) in [6.45, 7) is 2.07. The van der Waals surface area contributed by atoms with Crippen molar-refractivity contribution in [1.29, 1.82) is 0 Å². The van der Waals surface area contributed by atoms with Crippen molar-refractivity contribution in [2.24, 2.45) is 10.9 Å². The van der Waals surface area contributed by atoms with Crippen molar-refractivity contribution in [2.75, 3.05) is 6.61 Å². The van der Waals surface area contributed by atoms with Gasteiger partial charge in [-0.1, -0.05) is 30.3 Å². The van der Waals surface area contributed by atoms with Gasteiger partial charge >= 0.3 is 5.97 Å². The molecule has 15 heavy (non-hydrogen) atoms. The zero-order valence-electron chi connectivity index (χ0n) is 8.64. The molecule has 0 saturated carbocycles. The molecule has 0 bridgehead atoms. The monoisotopic (exact) mass is 206 g/mol. The average molecular weight is 206 g/mol. The summed E-state index contributed by atoms with van der Waals surface area (Å²) in [5, 5.41) is 3.44. The first-order chi connectivity index (χ1) is 7.27. The lowest BCUT2D eigenvalue weighted by Crippen LogP contribution is -2.21. The average Bonchev–Trinajstić information content (AvgIpc) is 2.27. The van der Waals surface area contributed by atoms with E-state index in [9.17, 15) is 4.79 Å². The second kappa shape index (κ2) is 5.80. The molecular formula is C11H14N2O2. The number of hydrogen-bond donors (Lipinski definition) is 1. The van der Waals surface area contributed by atoms with Crippen LogP contribution in [0.4, 0.5) is 0 Å². The number of nitrogens with zero attached hydrogens (tertiary/aromatic N) is 1. The zero-order chi connectivity index (χ0) is 11.1. The van der Waals surface area contributed by atoms with E-state index in [2.05, 4.69) is 5.10 Å². The van der Waals surface area contributed by atoms with E-state index in [0.717, 1.165) is 5.56 Å². The Bertz CT molecular complexity index is 347. The number of hydrazone groups is 1. The number of ether oxygens (including phenoxy) is 1. The van der Waals surface area contributed by atoms with E-state index in [1.807, 2.05) is 30.3 Å². The number of hydrogen-bond acceptors (Lipinski definition) is 4. The van der Waals surface area contributed by atoms with Crippen LogP contribution < -0.4 is 5.84 Å². The van der Waals surface area contributed by atoms with Crippen LogP contribution in [0.1, 0.15) is 12.5 Å². The van der Waals surface area contributed by atoms with Crippen LogP contribution >= 0.6 is 0 Å². The lowest BCUT2D eigenvalue weighted by molar-refractivity contribution is -0.135. The first-order valence-electron chi connectivity index (χ1n) is 4.75. The number of rotatable bonds is 4. The second-order valence-electron chi connectivity index (χ2n) is 2.96. The molecule has 0 spiro atoms. The first-order valence-corrected chi connectivity index (χ1v) is 4.75. The second-order valence-corrected chi connectivity index (χ2v) is 2.96. The predicted molar refractivity (Wildman–Crippen MR) is 58.4 cm³/mol. The van der Waals surface area contributed by atoms with Crippen molar-refractivity contribution >= 4 is 11.7 Å². The lowest BCUT2D eigenvalue weighted by atomic mass is 10.1. The molecule has 0 aromatic heterocycles. The maximum atomic E-state index is 11.3. The lowest BCUT2D eigenvalue weighted by Gasteiger charge is -2.04. The molecule has 0 aliphatic rings. The highest BCUT2D eigenvalue weighted by molar-refractivity contribution is 6.36. The van der Waals surface area contributed by atoms with Gasteiger partial charge in [0.1, 0.15) is 5.71 Å². The number of carbonyl (C=O) groups excluding carboxylic acids is 1. The Morgan fingerprint density at radius 3 is 2.60 bits per heavy atom. The van der Waals surface area contributed by atoms with Crippen LogP contribution in [-0.4, -0.2) is 18.3 Å². The van der Waals surface area contributed by atoms with E-state index in [-0.39, 0.29) is 5.71 Å². The van der Waals surface area contributed by atoms with Crippen molar-refractivity contribution < 1.29 is 9.53 Å². The Balaban J connectivity index is 2.67. The van der Waals surface area contributed by atoms with E-state index < -0.39 is 5.97 Å². The molecule has 4 nitrogen and oxygen atoms in total. The van der Waals surface area contributed by atoms with E-state index >= 15 is 0 Å². The van der Waals surface area contributed by atoms with Gasteiger partial charge in [-0.2, -0.15) is 5.10 Å². The smallest absolute Gasteiger partial charge is 0.354 e. The normalized spacial score (nSPS) is 11.1. The number of esters is 1. The van der Waals surface area contributed by atoms with Crippen LogP contribution in [0, 0.1) is 0 Å². The highest BCUT2D eigenvalue weighted by Gasteiger charge is 2.12. The van der Waals surface area contributed by atoms with Crippen molar-refractivity contribution in [3.63, 3.8) is 0 Å². The summed E-state index contributed by atoms with van der Waals surface area (Å²) in [5.74, 6) is 4.68. The molecule has 1 rings (SSSR count). The molecule has 0 atom stereocenters. The highest BCUT2D eigenvalue weighted by Crippen LogP contribution is 2.01. The van der Waals surface area contributed by atoms with Crippen LogP contribution in [0.15, 0.2) is 35.4 Å². The van der Waals surface area contributed by atoms with Gasteiger partial charge < -0.3 is 10.6 Å². The van der Waals surface area contributed by atoms with Gasteiger partial charge in [0.2, 0.25) is 0 Å². The minimum atomic E-state index is -0.455.